The fourth-order valence-electron chi connectivity index (χ4n) is 0. The van der Waals surface area contributed by atoms with E-state index in [2.05, 4.69) is 18.9 Å². The third kappa shape index (κ3) is 143. The van der Waals surface area contributed by atoms with E-state index in [-0.39, 0.29) is 0 Å². The largest absolute Gasteiger partial charge is 0.366 e. The molecular weight excluding hydrogens is 106 g/mol. The van der Waals surface area contributed by atoms with Crippen LogP contribution in [0.25, 0.3) is 0 Å². The summed E-state index contributed by atoms with van der Waals surface area (Å²) in [6.45, 7) is 5.77. The molecule has 0 aromatic carbocycles. The third-order valence-corrected chi connectivity index (χ3v) is 0.201. The van der Waals surface area contributed by atoms with Gasteiger partial charge in [0.15, 0.2) is 0 Å². The van der Waals surface area contributed by atoms with Gasteiger partial charge in [0.2, 0.25) is 5.91 Å². The van der Waals surface area contributed by atoms with Crippen molar-refractivity contribution >= 4 is 11.8 Å². The van der Waals surface area contributed by atoms with Crippen LogP contribution in [-0.2, 0) is 9.59 Å². The predicted octanol–water partition coefficient (Wildman–Crippen LogP) is -0.338. The lowest BCUT2D eigenvalue weighted by molar-refractivity contribution is -0.113. The Balaban J connectivity index is 0. The number of rotatable bonds is 1. The summed E-state index contributed by atoms with van der Waals surface area (Å²) in [5.74, 6) is 0.769. The first-order chi connectivity index (χ1) is 3.68. The molecule has 0 aromatic heterocycles. The van der Waals surface area contributed by atoms with Gasteiger partial charge in [0.05, 0.1) is 0 Å². The first kappa shape index (κ1) is 9.83. The third-order valence-electron chi connectivity index (χ3n) is 0.201. The Morgan fingerprint density at radius 1 is 1.75 bits per heavy atom. The molecule has 2 N–H and O–H groups in total. The van der Waals surface area contributed by atoms with Gasteiger partial charge in [-0.2, -0.15) is 0 Å². The van der Waals surface area contributed by atoms with Crippen LogP contribution >= 0.6 is 0 Å². The van der Waals surface area contributed by atoms with E-state index in [1.54, 1.807) is 0 Å². The van der Waals surface area contributed by atoms with Crippen molar-refractivity contribution in [1.82, 2.24) is 0 Å². The van der Waals surface area contributed by atoms with Crippen molar-refractivity contribution in [2.45, 2.75) is 0 Å². The fraction of sp³-hybridized carbons (Fsp3) is 0. The van der Waals surface area contributed by atoms with Gasteiger partial charge in [-0.1, -0.05) is 6.58 Å². The zero-order valence-corrected chi connectivity index (χ0v) is 4.39. The van der Waals surface area contributed by atoms with Crippen LogP contribution in [0.2, 0.25) is 0 Å². The number of carbonyl (C=O) groups is 1. The summed E-state index contributed by atoms with van der Waals surface area (Å²) in [4.78, 5) is 18.0. The second kappa shape index (κ2) is 9.18. The molecule has 0 bridgehead atoms. The number of hydrogen-bond donors (Lipinski definition) is 1. The summed E-state index contributed by atoms with van der Waals surface area (Å²) in [5, 5.41) is 0. The molecule has 8 heavy (non-hydrogen) atoms. The molecule has 1 amide bonds. The molecule has 0 fully saturated rings. The Bertz CT molecular complexity index is 112. The average molecular weight is 113 g/mol. The van der Waals surface area contributed by atoms with Crippen LogP contribution in [0.15, 0.2) is 19.2 Å². The molecule has 3 heteroatoms. The SMILES string of the molecule is C=C=O.C=CC(N)=O. The van der Waals surface area contributed by atoms with Gasteiger partial charge < -0.3 is 5.73 Å². The Morgan fingerprint density at radius 3 is 1.88 bits per heavy atom. The Kier molecular flexibility index (Phi) is 11.3. The summed E-state index contributed by atoms with van der Waals surface area (Å²) in [6.07, 6.45) is 1.06. The minimum absolute atomic E-state index is 0.481. The monoisotopic (exact) mass is 113 g/mol. The van der Waals surface area contributed by atoms with Gasteiger partial charge in [-0.25, -0.2) is 4.79 Å². The molecule has 0 aliphatic rings. The molecule has 0 saturated carbocycles. The maximum atomic E-state index is 9.47. The Hall–Kier alpha value is -1.34. The van der Waals surface area contributed by atoms with Gasteiger partial charge in [0.1, 0.15) is 5.94 Å². The van der Waals surface area contributed by atoms with E-state index in [1.807, 2.05) is 0 Å². The van der Waals surface area contributed by atoms with Gasteiger partial charge in [-0.3, -0.25) is 4.79 Å². The standard InChI is InChI=1S/C3H5NO.C2H2O/c1-2-3(4)5;1-2-3/h2H,1H2,(H2,4,5);1H2. The lowest BCUT2D eigenvalue weighted by Gasteiger charge is -1.65. The lowest BCUT2D eigenvalue weighted by atomic mass is 10.6. The first-order valence-corrected chi connectivity index (χ1v) is 1.75. The van der Waals surface area contributed by atoms with E-state index < -0.39 is 5.91 Å². The number of amides is 1. The van der Waals surface area contributed by atoms with Crippen LogP contribution in [0.3, 0.4) is 0 Å². The topological polar surface area (TPSA) is 60.2 Å². The van der Waals surface area contributed by atoms with Gasteiger partial charge in [0.25, 0.3) is 0 Å². The Morgan fingerprint density at radius 2 is 1.88 bits per heavy atom. The van der Waals surface area contributed by atoms with Crippen molar-refractivity contribution in [3.05, 3.63) is 19.2 Å². The molecule has 0 aliphatic heterocycles. The molecule has 44 valence electrons. The quantitative estimate of drug-likeness (QED) is 0.373. The first-order valence-electron chi connectivity index (χ1n) is 1.75. The normalized spacial score (nSPS) is 5.00. The molecule has 0 aliphatic carbocycles. The van der Waals surface area contributed by atoms with E-state index >= 15 is 0 Å². The number of primary amides is 1. The van der Waals surface area contributed by atoms with Crippen molar-refractivity contribution in [1.29, 1.82) is 0 Å². The molecule has 3 nitrogen and oxygen atoms in total. The highest BCUT2D eigenvalue weighted by atomic mass is 16.1. The smallest absolute Gasteiger partial charge is 0.240 e. The van der Waals surface area contributed by atoms with Crippen molar-refractivity contribution in [3.8, 4) is 0 Å². The van der Waals surface area contributed by atoms with Crippen LogP contribution in [0.5, 0.6) is 0 Å². The highest BCUT2D eigenvalue weighted by molar-refractivity contribution is 5.84. The molecule has 0 saturated heterocycles. The van der Waals surface area contributed by atoms with E-state index in [1.165, 1.54) is 5.94 Å². The predicted molar refractivity (Wildman–Crippen MR) is 30.7 cm³/mol. The molecular formula is C5H7NO2. The number of hydrogen-bond acceptors (Lipinski definition) is 2. The number of nitrogens with two attached hydrogens (primary N) is 1. The maximum absolute atomic E-state index is 9.47. The summed E-state index contributed by atoms with van der Waals surface area (Å²) < 4.78 is 0. The van der Waals surface area contributed by atoms with Gasteiger partial charge in [-0.15, -0.1) is 0 Å². The number of carbonyl (C=O) groups excluding carboxylic acids is 2. The molecule has 0 heterocycles. The summed E-state index contributed by atoms with van der Waals surface area (Å²) >= 11 is 0. The van der Waals surface area contributed by atoms with Crippen LogP contribution in [0, 0.1) is 0 Å². The van der Waals surface area contributed by atoms with Crippen LogP contribution in [-0.4, -0.2) is 11.8 Å². The van der Waals surface area contributed by atoms with Crippen molar-refractivity contribution in [2.75, 3.05) is 0 Å². The van der Waals surface area contributed by atoms with E-state index in [0.29, 0.717) is 0 Å². The summed E-state index contributed by atoms with van der Waals surface area (Å²) in [6, 6.07) is 0. The van der Waals surface area contributed by atoms with Crippen LogP contribution < -0.4 is 5.73 Å². The van der Waals surface area contributed by atoms with E-state index in [9.17, 15) is 4.79 Å². The minimum Gasteiger partial charge on any atom is -0.366 e. The average Bonchev–Trinajstić information content (AvgIpc) is 1.69. The second-order valence-electron chi connectivity index (χ2n) is 0.751. The zero-order valence-electron chi connectivity index (χ0n) is 4.39. The van der Waals surface area contributed by atoms with Gasteiger partial charge >= 0.3 is 0 Å². The molecule has 0 atom stereocenters. The molecule has 0 aromatic rings. The van der Waals surface area contributed by atoms with Crippen molar-refractivity contribution < 1.29 is 9.59 Å². The molecule has 0 spiro atoms. The second-order valence-corrected chi connectivity index (χ2v) is 0.751. The lowest BCUT2D eigenvalue weighted by Crippen LogP contribution is -2.04. The van der Waals surface area contributed by atoms with E-state index in [0.717, 1.165) is 6.08 Å². The van der Waals surface area contributed by atoms with Crippen LogP contribution in [0.4, 0.5) is 0 Å². The van der Waals surface area contributed by atoms with Crippen LogP contribution in [0.1, 0.15) is 0 Å². The highest BCUT2D eigenvalue weighted by Crippen LogP contribution is 1.48. The molecule has 0 unspecified atom stereocenters. The van der Waals surface area contributed by atoms with Gasteiger partial charge in [0, 0.05) is 0 Å². The van der Waals surface area contributed by atoms with Crippen molar-refractivity contribution in [2.24, 2.45) is 5.73 Å². The Labute approximate surface area is 47.5 Å². The fourth-order valence-corrected chi connectivity index (χ4v) is 0. The summed E-state index contributed by atoms with van der Waals surface area (Å²) in [7, 11) is 0. The van der Waals surface area contributed by atoms with E-state index in [4.69, 9.17) is 4.79 Å². The molecule has 0 radical (unpaired) electrons. The highest BCUT2D eigenvalue weighted by Gasteiger charge is 1.69. The summed E-state index contributed by atoms with van der Waals surface area (Å²) in [5.41, 5.74) is 4.53. The maximum Gasteiger partial charge on any atom is 0.240 e. The van der Waals surface area contributed by atoms with Crippen molar-refractivity contribution in [3.63, 3.8) is 0 Å². The molecule has 0 rings (SSSR count). The minimum atomic E-state index is -0.481. The van der Waals surface area contributed by atoms with Gasteiger partial charge in [-0.05, 0) is 12.7 Å². The zero-order chi connectivity index (χ0) is 6.99.